The van der Waals surface area contributed by atoms with Crippen LogP contribution in [-0.4, -0.2) is 30.9 Å². The number of anilines is 1. The molecule has 8 heteroatoms. The summed E-state index contributed by atoms with van der Waals surface area (Å²) in [6.07, 6.45) is 0. The largest absolute Gasteiger partial charge is 0.454 e. The average Bonchev–Trinajstić information content (AvgIpc) is 2.67. The van der Waals surface area contributed by atoms with Crippen LogP contribution in [0.3, 0.4) is 0 Å². The predicted molar refractivity (Wildman–Crippen MR) is 101 cm³/mol. The maximum atomic E-state index is 11.9. The Balaban J connectivity index is 1.76. The number of nitriles is 1. The Morgan fingerprint density at radius 3 is 2.56 bits per heavy atom. The molecule has 0 aliphatic heterocycles. The van der Waals surface area contributed by atoms with Crippen LogP contribution >= 0.6 is 11.8 Å². The van der Waals surface area contributed by atoms with E-state index in [1.54, 1.807) is 55.5 Å². The first-order chi connectivity index (χ1) is 13.0. The molecule has 0 radical (unpaired) electrons. The van der Waals surface area contributed by atoms with Gasteiger partial charge < -0.3 is 15.4 Å². The van der Waals surface area contributed by atoms with Gasteiger partial charge in [0.25, 0.3) is 11.8 Å². The summed E-state index contributed by atoms with van der Waals surface area (Å²) in [4.78, 5) is 36.2. The Labute approximate surface area is 160 Å². The van der Waals surface area contributed by atoms with E-state index < -0.39 is 24.4 Å². The minimum Gasteiger partial charge on any atom is -0.454 e. The number of thiocyanates is 1. The number of hydrogen-bond acceptors (Lipinski definition) is 6. The highest BCUT2D eigenvalue weighted by molar-refractivity contribution is 8.03. The summed E-state index contributed by atoms with van der Waals surface area (Å²) in [5, 5.41) is 15.7. The van der Waals surface area contributed by atoms with Gasteiger partial charge >= 0.3 is 5.97 Å². The number of carbonyl (C=O) groups is 3. The minimum atomic E-state index is -0.716. The fraction of sp³-hybridized carbons (Fsp3) is 0.158. The number of aryl methyl sites for hydroxylation is 1. The van der Waals surface area contributed by atoms with Crippen molar-refractivity contribution in [1.29, 1.82) is 5.26 Å². The van der Waals surface area contributed by atoms with Crippen molar-refractivity contribution < 1.29 is 19.1 Å². The third kappa shape index (κ3) is 6.49. The number of nitrogens with zero attached hydrogens (tertiary/aromatic N) is 1. The van der Waals surface area contributed by atoms with E-state index >= 15 is 0 Å². The second-order valence-corrected chi connectivity index (χ2v) is 6.29. The van der Waals surface area contributed by atoms with Gasteiger partial charge in [-0.1, -0.05) is 18.2 Å². The number of amides is 2. The van der Waals surface area contributed by atoms with Gasteiger partial charge in [0, 0.05) is 16.1 Å². The van der Waals surface area contributed by atoms with E-state index in [-0.39, 0.29) is 6.54 Å². The zero-order valence-electron chi connectivity index (χ0n) is 14.5. The molecule has 0 aliphatic rings. The molecule has 0 aromatic heterocycles. The fourth-order valence-electron chi connectivity index (χ4n) is 2.12. The molecule has 2 aromatic rings. The van der Waals surface area contributed by atoms with E-state index in [2.05, 4.69) is 10.6 Å². The van der Waals surface area contributed by atoms with Crippen LogP contribution < -0.4 is 10.6 Å². The molecule has 138 valence electrons. The number of rotatable bonds is 7. The molecular formula is C19H17N3O4S. The molecule has 0 atom stereocenters. The van der Waals surface area contributed by atoms with Crippen molar-refractivity contribution in [2.75, 3.05) is 18.5 Å². The first kappa shape index (κ1) is 20.0. The number of thioether (sulfide) groups is 1. The zero-order valence-corrected chi connectivity index (χ0v) is 15.3. The van der Waals surface area contributed by atoms with Crippen LogP contribution in [0.1, 0.15) is 15.9 Å². The van der Waals surface area contributed by atoms with Gasteiger partial charge in [-0.25, -0.2) is 0 Å². The van der Waals surface area contributed by atoms with E-state index in [0.29, 0.717) is 11.3 Å². The monoisotopic (exact) mass is 383 g/mol. The standard InChI is InChI=1S/C19H17N3O4S/c1-13-9-15(27-12-20)7-8-16(13)22-17(23)11-26-18(24)10-21-19(25)14-5-3-2-4-6-14/h2-9H,10-11H2,1H3,(H,21,25)(H,22,23). The molecule has 0 bridgehead atoms. The number of nitrogens with one attached hydrogen (secondary N) is 2. The van der Waals surface area contributed by atoms with Crippen molar-refractivity contribution in [2.24, 2.45) is 0 Å². The van der Waals surface area contributed by atoms with Crippen molar-refractivity contribution in [2.45, 2.75) is 11.8 Å². The molecular weight excluding hydrogens is 366 g/mol. The zero-order chi connectivity index (χ0) is 19.6. The summed E-state index contributed by atoms with van der Waals surface area (Å²) in [5.74, 6) is -1.61. The quantitative estimate of drug-likeness (QED) is 0.432. The normalized spacial score (nSPS) is 9.78. The van der Waals surface area contributed by atoms with Gasteiger partial charge in [-0.3, -0.25) is 14.4 Å². The highest BCUT2D eigenvalue weighted by Gasteiger charge is 2.11. The number of benzene rings is 2. The smallest absolute Gasteiger partial charge is 0.325 e. The van der Waals surface area contributed by atoms with Crippen LogP contribution in [-0.2, 0) is 14.3 Å². The summed E-state index contributed by atoms with van der Waals surface area (Å²) < 4.78 is 4.85. The highest BCUT2D eigenvalue weighted by atomic mass is 32.2. The SMILES string of the molecule is Cc1cc(SC#N)ccc1NC(=O)COC(=O)CNC(=O)c1ccccc1. The second kappa shape index (κ2) is 9.99. The molecule has 27 heavy (non-hydrogen) atoms. The highest BCUT2D eigenvalue weighted by Crippen LogP contribution is 2.23. The summed E-state index contributed by atoms with van der Waals surface area (Å²) in [6.45, 7) is 0.996. The molecule has 0 saturated carbocycles. The van der Waals surface area contributed by atoms with Crippen molar-refractivity contribution in [3.63, 3.8) is 0 Å². The van der Waals surface area contributed by atoms with E-state index in [1.165, 1.54) is 0 Å². The van der Waals surface area contributed by atoms with Gasteiger partial charge in [-0.15, -0.1) is 0 Å². The minimum absolute atomic E-state index is 0.333. The van der Waals surface area contributed by atoms with Gasteiger partial charge in [0.05, 0.1) is 0 Å². The lowest BCUT2D eigenvalue weighted by Crippen LogP contribution is -2.32. The lowest BCUT2D eigenvalue weighted by Gasteiger charge is -2.10. The topological polar surface area (TPSA) is 108 Å². The fourth-order valence-corrected chi connectivity index (χ4v) is 2.60. The van der Waals surface area contributed by atoms with Crippen LogP contribution in [0.4, 0.5) is 5.69 Å². The summed E-state index contributed by atoms with van der Waals surface area (Å²) in [5.41, 5.74) is 1.78. The molecule has 2 N–H and O–H groups in total. The number of hydrogen-bond donors (Lipinski definition) is 2. The molecule has 0 spiro atoms. The lowest BCUT2D eigenvalue weighted by atomic mass is 10.2. The third-order valence-corrected chi connectivity index (χ3v) is 4.01. The van der Waals surface area contributed by atoms with Crippen molar-refractivity contribution in [1.82, 2.24) is 5.32 Å². The first-order valence-electron chi connectivity index (χ1n) is 7.95. The molecule has 2 amide bonds. The lowest BCUT2D eigenvalue weighted by molar-refractivity contribution is -0.146. The molecule has 0 saturated heterocycles. The molecule has 0 aliphatic carbocycles. The average molecular weight is 383 g/mol. The van der Waals surface area contributed by atoms with Crippen LogP contribution in [0.25, 0.3) is 0 Å². The predicted octanol–water partition coefficient (Wildman–Crippen LogP) is 2.48. The number of ether oxygens (including phenoxy) is 1. The Morgan fingerprint density at radius 1 is 1.15 bits per heavy atom. The maximum absolute atomic E-state index is 11.9. The molecule has 0 unspecified atom stereocenters. The molecule has 2 aromatic carbocycles. The van der Waals surface area contributed by atoms with E-state index in [4.69, 9.17) is 10.00 Å². The molecule has 0 heterocycles. The van der Waals surface area contributed by atoms with Crippen LogP contribution in [0.15, 0.2) is 53.4 Å². The summed E-state index contributed by atoms with van der Waals surface area (Å²) in [6, 6.07) is 13.6. The van der Waals surface area contributed by atoms with Crippen LogP contribution in [0.2, 0.25) is 0 Å². The van der Waals surface area contributed by atoms with Gasteiger partial charge in [-0.05, 0) is 54.6 Å². The molecule has 7 nitrogen and oxygen atoms in total. The molecule has 0 fully saturated rings. The maximum Gasteiger partial charge on any atom is 0.325 e. The van der Waals surface area contributed by atoms with E-state index in [9.17, 15) is 14.4 Å². The van der Waals surface area contributed by atoms with Gasteiger partial charge in [0.2, 0.25) is 0 Å². The van der Waals surface area contributed by atoms with Crippen molar-refractivity contribution >= 4 is 35.2 Å². The van der Waals surface area contributed by atoms with Gasteiger partial charge in [0.15, 0.2) is 6.61 Å². The van der Waals surface area contributed by atoms with E-state index in [1.807, 2.05) is 5.40 Å². The van der Waals surface area contributed by atoms with Crippen LogP contribution in [0.5, 0.6) is 0 Å². The van der Waals surface area contributed by atoms with Crippen molar-refractivity contribution in [3.05, 3.63) is 59.7 Å². The Hall–Kier alpha value is -3.31. The Kier molecular flexibility index (Phi) is 7.40. The van der Waals surface area contributed by atoms with Gasteiger partial charge in [0.1, 0.15) is 11.9 Å². The number of carbonyl (C=O) groups excluding carboxylic acids is 3. The van der Waals surface area contributed by atoms with Crippen molar-refractivity contribution in [3.8, 4) is 5.40 Å². The van der Waals surface area contributed by atoms with E-state index in [0.717, 1.165) is 22.2 Å². The molecule has 2 rings (SSSR count). The summed E-state index contributed by atoms with van der Waals surface area (Å²) >= 11 is 1.03. The second-order valence-electron chi connectivity index (χ2n) is 5.43. The van der Waals surface area contributed by atoms with Crippen LogP contribution in [0, 0.1) is 17.6 Å². The third-order valence-electron chi connectivity index (χ3n) is 3.43. The van der Waals surface area contributed by atoms with Gasteiger partial charge in [-0.2, -0.15) is 5.26 Å². The Morgan fingerprint density at radius 2 is 1.89 bits per heavy atom. The number of esters is 1. The first-order valence-corrected chi connectivity index (χ1v) is 8.76. The summed E-state index contributed by atoms with van der Waals surface area (Å²) in [7, 11) is 0. The Bertz CT molecular complexity index is 878.